The quantitative estimate of drug-likeness (QED) is 0.517. The molecule has 0 aromatic rings. The molecule has 1 atom stereocenters. The number of allylic oxidation sites excluding steroid dienone is 2. The van der Waals surface area contributed by atoms with Crippen LogP contribution >= 0.6 is 0 Å². The van der Waals surface area contributed by atoms with E-state index in [0.717, 1.165) is 12.7 Å². The van der Waals surface area contributed by atoms with Crippen LogP contribution in [0.5, 0.6) is 0 Å². The van der Waals surface area contributed by atoms with Gasteiger partial charge in [0.2, 0.25) is 0 Å². The Bertz CT molecular complexity index is 218. The molecule has 1 aliphatic rings. The fraction of sp³-hybridized carbons (Fsp3) is 0.545. The SMILES string of the molecule is CCCCCC1=CC(C=O)NC=C1. The van der Waals surface area contributed by atoms with Gasteiger partial charge in [-0.25, -0.2) is 0 Å². The average molecular weight is 179 g/mol. The Labute approximate surface area is 79.7 Å². The smallest absolute Gasteiger partial charge is 0.146 e. The molecule has 0 aliphatic carbocycles. The summed E-state index contributed by atoms with van der Waals surface area (Å²) in [7, 11) is 0. The molecule has 1 heterocycles. The summed E-state index contributed by atoms with van der Waals surface area (Å²) in [6, 6.07) is -0.110. The van der Waals surface area contributed by atoms with Crippen molar-refractivity contribution >= 4 is 6.29 Å². The Morgan fingerprint density at radius 2 is 2.38 bits per heavy atom. The Morgan fingerprint density at radius 1 is 1.54 bits per heavy atom. The summed E-state index contributed by atoms with van der Waals surface area (Å²) in [5, 5.41) is 2.96. The van der Waals surface area contributed by atoms with Crippen molar-refractivity contribution in [2.75, 3.05) is 0 Å². The zero-order valence-electron chi connectivity index (χ0n) is 8.12. The van der Waals surface area contributed by atoms with Crippen molar-refractivity contribution in [2.45, 2.75) is 38.6 Å². The molecule has 1 N–H and O–H groups in total. The molecule has 0 bridgehead atoms. The van der Waals surface area contributed by atoms with E-state index in [9.17, 15) is 4.79 Å². The van der Waals surface area contributed by atoms with E-state index in [2.05, 4.69) is 18.3 Å². The molecule has 0 amide bonds. The van der Waals surface area contributed by atoms with Gasteiger partial charge in [-0.05, 0) is 30.7 Å². The van der Waals surface area contributed by atoms with Gasteiger partial charge in [0.1, 0.15) is 12.3 Å². The van der Waals surface area contributed by atoms with Crippen molar-refractivity contribution in [3.05, 3.63) is 23.9 Å². The molecule has 2 nitrogen and oxygen atoms in total. The van der Waals surface area contributed by atoms with E-state index >= 15 is 0 Å². The van der Waals surface area contributed by atoms with Crippen molar-refractivity contribution in [3.63, 3.8) is 0 Å². The maximum absolute atomic E-state index is 10.5. The maximum Gasteiger partial charge on any atom is 0.146 e. The van der Waals surface area contributed by atoms with Gasteiger partial charge >= 0.3 is 0 Å². The van der Waals surface area contributed by atoms with E-state index in [-0.39, 0.29) is 6.04 Å². The maximum atomic E-state index is 10.5. The second kappa shape index (κ2) is 5.57. The van der Waals surface area contributed by atoms with E-state index in [1.54, 1.807) is 0 Å². The number of carbonyl (C=O) groups excluding carboxylic acids is 1. The third kappa shape index (κ3) is 3.45. The monoisotopic (exact) mass is 179 g/mol. The normalized spacial score (nSPS) is 20.7. The number of rotatable bonds is 5. The number of hydrogen-bond donors (Lipinski definition) is 1. The molecule has 1 unspecified atom stereocenters. The van der Waals surface area contributed by atoms with Crippen molar-refractivity contribution in [3.8, 4) is 0 Å². The Kier molecular flexibility index (Phi) is 4.30. The van der Waals surface area contributed by atoms with Crippen LogP contribution < -0.4 is 5.32 Å². The summed E-state index contributed by atoms with van der Waals surface area (Å²) >= 11 is 0. The van der Waals surface area contributed by atoms with E-state index in [1.807, 2.05) is 12.3 Å². The van der Waals surface area contributed by atoms with Crippen LogP contribution in [-0.2, 0) is 4.79 Å². The second-order valence-corrected chi connectivity index (χ2v) is 3.36. The van der Waals surface area contributed by atoms with Crippen LogP contribution in [0.2, 0.25) is 0 Å². The zero-order chi connectivity index (χ0) is 9.52. The molecule has 13 heavy (non-hydrogen) atoms. The fourth-order valence-corrected chi connectivity index (χ4v) is 1.42. The van der Waals surface area contributed by atoms with Gasteiger partial charge in [0.25, 0.3) is 0 Å². The molecule has 0 saturated heterocycles. The van der Waals surface area contributed by atoms with Gasteiger partial charge in [-0.2, -0.15) is 0 Å². The number of unbranched alkanes of at least 4 members (excludes halogenated alkanes) is 2. The fourth-order valence-electron chi connectivity index (χ4n) is 1.42. The molecule has 1 aliphatic heterocycles. The highest BCUT2D eigenvalue weighted by molar-refractivity contribution is 5.62. The molecule has 72 valence electrons. The predicted octanol–water partition coefficient (Wildman–Crippen LogP) is 2.18. The van der Waals surface area contributed by atoms with E-state index < -0.39 is 0 Å². The standard InChI is InChI=1S/C11H17NO/c1-2-3-4-5-10-6-7-12-11(8-10)9-13/h6-9,11-12H,2-5H2,1H3. The molecule has 1 rings (SSSR count). The van der Waals surface area contributed by atoms with Gasteiger partial charge in [0.15, 0.2) is 0 Å². The zero-order valence-corrected chi connectivity index (χ0v) is 8.12. The van der Waals surface area contributed by atoms with Crippen LogP contribution in [0.3, 0.4) is 0 Å². The van der Waals surface area contributed by atoms with E-state index in [0.29, 0.717) is 0 Å². The Hall–Kier alpha value is -1.05. The molecule has 0 fully saturated rings. The number of dihydropyridines is 1. The summed E-state index contributed by atoms with van der Waals surface area (Å²) in [5.41, 5.74) is 1.28. The first-order valence-electron chi connectivity index (χ1n) is 4.95. The molecule has 0 aromatic heterocycles. The second-order valence-electron chi connectivity index (χ2n) is 3.36. The number of hydrogen-bond acceptors (Lipinski definition) is 2. The first-order chi connectivity index (χ1) is 6.36. The molecule has 2 heteroatoms. The van der Waals surface area contributed by atoms with Gasteiger partial charge in [-0.1, -0.05) is 25.8 Å². The lowest BCUT2D eigenvalue weighted by Crippen LogP contribution is -2.25. The van der Waals surface area contributed by atoms with Crippen molar-refractivity contribution in [2.24, 2.45) is 0 Å². The van der Waals surface area contributed by atoms with Crippen LogP contribution in [-0.4, -0.2) is 12.3 Å². The van der Waals surface area contributed by atoms with Crippen LogP contribution in [0.25, 0.3) is 0 Å². The molecule has 0 spiro atoms. The van der Waals surface area contributed by atoms with Gasteiger partial charge in [-0.3, -0.25) is 0 Å². The molecule has 0 saturated carbocycles. The third-order valence-corrected chi connectivity index (χ3v) is 2.20. The predicted molar refractivity (Wildman–Crippen MR) is 54.4 cm³/mol. The highest BCUT2D eigenvalue weighted by atomic mass is 16.1. The summed E-state index contributed by atoms with van der Waals surface area (Å²) < 4.78 is 0. The van der Waals surface area contributed by atoms with Crippen LogP contribution in [0, 0.1) is 0 Å². The van der Waals surface area contributed by atoms with Crippen LogP contribution in [0.4, 0.5) is 0 Å². The summed E-state index contributed by atoms with van der Waals surface area (Å²) in [5.74, 6) is 0. The largest absolute Gasteiger partial charge is 0.378 e. The van der Waals surface area contributed by atoms with Gasteiger partial charge in [0.05, 0.1) is 0 Å². The lowest BCUT2D eigenvalue weighted by atomic mass is 10.0. The molecular formula is C11H17NO. The van der Waals surface area contributed by atoms with E-state index in [1.165, 1.54) is 24.8 Å². The van der Waals surface area contributed by atoms with Crippen molar-refractivity contribution in [1.82, 2.24) is 5.32 Å². The van der Waals surface area contributed by atoms with Crippen molar-refractivity contribution < 1.29 is 4.79 Å². The van der Waals surface area contributed by atoms with Crippen molar-refractivity contribution in [1.29, 1.82) is 0 Å². The first kappa shape index (κ1) is 10.0. The highest BCUT2D eigenvalue weighted by Gasteiger charge is 2.05. The topological polar surface area (TPSA) is 29.1 Å². The Morgan fingerprint density at radius 3 is 3.08 bits per heavy atom. The van der Waals surface area contributed by atoms with Gasteiger partial charge in [-0.15, -0.1) is 0 Å². The minimum Gasteiger partial charge on any atom is -0.378 e. The summed E-state index contributed by atoms with van der Waals surface area (Å²) in [6.07, 6.45) is 11.7. The lowest BCUT2D eigenvalue weighted by Gasteiger charge is -2.13. The Balaban J connectivity index is 2.35. The van der Waals surface area contributed by atoms with E-state index in [4.69, 9.17) is 0 Å². The number of aldehydes is 1. The van der Waals surface area contributed by atoms with Gasteiger partial charge in [0, 0.05) is 0 Å². The van der Waals surface area contributed by atoms with Crippen LogP contribution in [0.15, 0.2) is 23.9 Å². The van der Waals surface area contributed by atoms with Gasteiger partial charge < -0.3 is 10.1 Å². The highest BCUT2D eigenvalue weighted by Crippen LogP contribution is 2.13. The third-order valence-electron chi connectivity index (χ3n) is 2.20. The molecule has 0 radical (unpaired) electrons. The lowest BCUT2D eigenvalue weighted by molar-refractivity contribution is -0.108. The minimum absolute atomic E-state index is 0.110. The molecule has 0 aromatic carbocycles. The summed E-state index contributed by atoms with van der Waals surface area (Å²) in [4.78, 5) is 10.5. The number of nitrogens with one attached hydrogen (secondary N) is 1. The molecular weight excluding hydrogens is 162 g/mol. The van der Waals surface area contributed by atoms with Crippen LogP contribution in [0.1, 0.15) is 32.6 Å². The number of carbonyl (C=O) groups is 1. The minimum atomic E-state index is -0.110. The summed E-state index contributed by atoms with van der Waals surface area (Å²) in [6.45, 7) is 2.20. The first-order valence-corrected chi connectivity index (χ1v) is 4.95. The average Bonchev–Trinajstić information content (AvgIpc) is 2.19.